The molecule has 6 atom stereocenters. The lowest BCUT2D eigenvalue weighted by Crippen LogP contribution is -2.39. The molecule has 0 aliphatic heterocycles. The molecular weight excluding hydrogens is 423 g/mol. The number of benzene rings is 1. The highest BCUT2D eigenvalue weighted by molar-refractivity contribution is 8.00. The van der Waals surface area contributed by atoms with Crippen molar-refractivity contribution < 1.29 is 19.0 Å². The summed E-state index contributed by atoms with van der Waals surface area (Å²) in [4.78, 5) is 11.8. The zero-order valence-electron chi connectivity index (χ0n) is 17.8. The van der Waals surface area contributed by atoms with Crippen molar-refractivity contribution in [1.82, 2.24) is 0 Å². The zero-order valence-corrected chi connectivity index (χ0v) is 19.4. The van der Waals surface area contributed by atoms with Gasteiger partial charge < -0.3 is 9.84 Å². The highest BCUT2D eigenvalue weighted by Crippen LogP contribution is 2.50. The average Bonchev–Trinajstić information content (AvgIpc) is 3.10. The van der Waals surface area contributed by atoms with Crippen LogP contribution in [-0.4, -0.2) is 22.9 Å². The molecule has 3 saturated carbocycles. The molecule has 3 unspecified atom stereocenters. The third-order valence-electron chi connectivity index (χ3n) is 7.31. The molecular formula is C24H32ClFO3S. The molecule has 0 heterocycles. The van der Waals surface area contributed by atoms with Crippen LogP contribution in [0.15, 0.2) is 17.0 Å². The van der Waals surface area contributed by atoms with Crippen LogP contribution < -0.4 is 4.74 Å². The van der Waals surface area contributed by atoms with Gasteiger partial charge in [0.2, 0.25) is 0 Å². The second-order valence-corrected chi connectivity index (χ2v) is 12.0. The van der Waals surface area contributed by atoms with Crippen LogP contribution in [0.1, 0.15) is 65.2 Å². The Hall–Kier alpha value is -0.940. The molecule has 2 bridgehead atoms. The monoisotopic (exact) mass is 454 g/mol. The largest absolute Gasteiger partial charge is 0.491 e. The van der Waals surface area contributed by atoms with Crippen LogP contribution in [0, 0.1) is 34.9 Å². The average molecular weight is 455 g/mol. The Morgan fingerprint density at radius 3 is 2.63 bits per heavy atom. The van der Waals surface area contributed by atoms with Crippen molar-refractivity contribution in [1.29, 1.82) is 0 Å². The van der Waals surface area contributed by atoms with E-state index in [1.807, 2.05) is 0 Å². The summed E-state index contributed by atoms with van der Waals surface area (Å²) in [5.74, 6) is 1.18. The standard InChI is InChI=1S/C24H32ClFO3S/c1-14-6-15-8-16(7-14)12-24(2,11-15)13-29-20-10-19(26)22(9-18(20)25)30-21-5-3-4-17(21)23(27)28/h9-10,14-17,21H,3-8,11-13H2,1-2H3,(H,27,28)/t14-,15+,16-,17?,21?,24?. The van der Waals surface area contributed by atoms with Gasteiger partial charge in [0.25, 0.3) is 0 Å². The van der Waals surface area contributed by atoms with Gasteiger partial charge in [-0.15, -0.1) is 11.8 Å². The number of aliphatic carboxylic acids is 1. The summed E-state index contributed by atoms with van der Waals surface area (Å²) in [6.07, 6.45) is 8.61. The van der Waals surface area contributed by atoms with Crippen molar-refractivity contribution in [3.63, 3.8) is 0 Å². The van der Waals surface area contributed by atoms with Crippen LogP contribution >= 0.6 is 23.4 Å². The molecule has 0 aromatic heterocycles. The SMILES string of the molecule is C[C@H]1C[C@@H]2C[C@H](C1)CC(C)(COc1cc(F)c(SC3CCCC3C(=O)O)cc1Cl)C2. The number of carboxylic acid groups (broad SMARTS) is 1. The van der Waals surface area contributed by atoms with Crippen LogP contribution in [0.4, 0.5) is 4.39 Å². The van der Waals surface area contributed by atoms with Crippen molar-refractivity contribution >= 4 is 29.3 Å². The van der Waals surface area contributed by atoms with Gasteiger partial charge >= 0.3 is 5.97 Å². The van der Waals surface area contributed by atoms with Gasteiger partial charge in [0.05, 0.1) is 17.5 Å². The first-order chi connectivity index (χ1) is 14.2. The Kier molecular flexibility index (Phi) is 6.60. The molecule has 1 aromatic carbocycles. The summed E-state index contributed by atoms with van der Waals surface area (Å²) in [6.45, 7) is 5.22. The van der Waals surface area contributed by atoms with Gasteiger partial charge in [0, 0.05) is 21.6 Å². The van der Waals surface area contributed by atoms with E-state index in [1.54, 1.807) is 6.07 Å². The second-order valence-electron chi connectivity index (χ2n) is 10.3. The van der Waals surface area contributed by atoms with Crippen molar-refractivity contribution in [2.24, 2.45) is 29.1 Å². The Labute approximate surface area is 188 Å². The van der Waals surface area contributed by atoms with Gasteiger partial charge in [-0.05, 0) is 68.8 Å². The summed E-state index contributed by atoms with van der Waals surface area (Å²) in [5, 5.41) is 9.66. The van der Waals surface area contributed by atoms with E-state index < -0.39 is 11.9 Å². The maximum atomic E-state index is 14.8. The predicted molar refractivity (Wildman–Crippen MR) is 119 cm³/mol. The molecule has 166 valence electrons. The van der Waals surface area contributed by atoms with Crippen molar-refractivity contribution in [3.8, 4) is 5.75 Å². The number of hydrogen-bond donors (Lipinski definition) is 1. The lowest BCUT2D eigenvalue weighted by atomic mass is 9.60. The van der Waals surface area contributed by atoms with E-state index in [2.05, 4.69) is 13.8 Å². The zero-order chi connectivity index (χ0) is 21.5. The van der Waals surface area contributed by atoms with E-state index in [-0.39, 0.29) is 16.5 Å². The van der Waals surface area contributed by atoms with Crippen molar-refractivity contribution in [3.05, 3.63) is 23.0 Å². The molecule has 3 aliphatic rings. The van der Waals surface area contributed by atoms with Crippen LogP contribution in [0.25, 0.3) is 0 Å². The van der Waals surface area contributed by atoms with E-state index in [1.165, 1.54) is 49.9 Å². The van der Waals surface area contributed by atoms with Crippen LogP contribution in [0.5, 0.6) is 5.75 Å². The fourth-order valence-electron chi connectivity index (χ4n) is 6.30. The summed E-state index contributed by atoms with van der Waals surface area (Å²) >= 11 is 7.74. The third kappa shape index (κ3) is 4.93. The highest BCUT2D eigenvalue weighted by atomic mass is 35.5. The Morgan fingerprint density at radius 1 is 1.27 bits per heavy atom. The minimum atomic E-state index is -0.795. The molecule has 0 amide bonds. The predicted octanol–water partition coefficient (Wildman–Crippen LogP) is 7.06. The van der Waals surface area contributed by atoms with Gasteiger partial charge in [-0.1, -0.05) is 31.9 Å². The van der Waals surface area contributed by atoms with Crippen LogP contribution in [0.3, 0.4) is 0 Å². The third-order valence-corrected chi connectivity index (χ3v) is 9.04. The number of thioether (sulfide) groups is 1. The lowest BCUT2D eigenvalue weighted by molar-refractivity contribution is -0.141. The Balaban J connectivity index is 1.41. The summed E-state index contributed by atoms with van der Waals surface area (Å²) in [7, 11) is 0. The van der Waals surface area contributed by atoms with Gasteiger partial charge in [0.1, 0.15) is 11.6 Å². The maximum Gasteiger partial charge on any atom is 0.307 e. The van der Waals surface area contributed by atoms with Gasteiger partial charge in [0.15, 0.2) is 0 Å². The topological polar surface area (TPSA) is 46.5 Å². The lowest BCUT2D eigenvalue weighted by Gasteiger charge is -2.47. The second kappa shape index (κ2) is 8.90. The van der Waals surface area contributed by atoms with Gasteiger partial charge in [-0.2, -0.15) is 0 Å². The fraction of sp³-hybridized carbons (Fsp3) is 0.708. The number of hydrogen-bond acceptors (Lipinski definition) is 3. The molecule has 1 aromatic rings. The van der Waals surface area contributed by atoms with E-state index >= 15 is 0 Å². The fourth-order valence-corrected chi connectivity index (χ4v) is 7.97. The summed E-state index contributed by atoms with van der Waals surface area (Å²) in [5.41, 5.74) is 0.111. The first-order valence-corrected chi connectivity index (χ1v) is 12.5. The maximum absolute atomic E-state index is 14.8. The number of carboxylic acids is 1. The highest BCUT2D eigenvalue weighted by Gasteiger charge is 2.41. The molecule has 0 radical (unpaired) electrons. The van der Waals surface area contributed by atoms with Gasteiger partial charge in [-0.3, -0.25) is 4.79 Å². The van der Waals surface area contributed by atoms with E-state index in [0.717, 1.165) is 30.6 Å². The first kappa shape index (κ1) is 22.3. The Morgan fingerprint density at radius 2 is 1.97 bits per heavy atom. The number of fused-ring (bicyclic) bond motifs is 2. The molecule has 6 heteroatoms. The number of halogens is 2. The molecule has 0 saturated heterocycles. The smallest absolute Gasteiger partial charge is 0.307 e. The van der Waals surface area contributed by atoms with E-state index in [4.69, 9.17) is 16.3 Å². The number of rotatable bonds is 6. The molecule has 30 heavy (non-hydrogen) atoms. The number of ether oxygens (including phenoxy) is 1. The van der Waals surface area contributed by atoms with Gasteiger partial charge in [-0.25, -0.2) is 4.39 Å². The van der Waals surface area contributed by atoms with Crippen LogP contribution in [-0.2, 0) is 4.79 Å². The quantitative estimate of drug-likeness (QED) is 0.499. The molecule has 3 nitrogen and oxygen atoms in total. The number of carbonyl (C=O) groups is 1. The normalized spacial score (nSPS) is 35.9. The van der Waals surface area contributed by atoms with E-state index in [0.29, 0.717) is 28.7 Å². The molecule has 0 spiro atoms. The van der Waals surface area contributed by atoms with Crippen molar-refractivity contribution in [2.75, 3.05) is 6.61 Å². The molecule has 3 fully saturated rings. The summed E-state index contributed by atoms with van der Waals surface area (Å²) < 4.78 is 20.9. The molecule has 1 N–H and O–H groups in total. The summed E-state index contributed by atoms with van der Waals surface area (Å²) in [6, 6.07) is 2.98. The minimum Gasteiger partial charge on any atom is -0.491 e. The minimum absolute atomic E-state index is 0.109. The van der Waals surface area contributed by atoms with Crippen LogP contribution in [0.2, 0.25) is 5.02 Å². The van der Waals surface area contributed by atoms with E-state index in [9.17, 15) is 14.3 Å². The Bertz CT molecular complexity index is 783. The molecule has 4 rings (SSSR count). The molecule has 3 aliphatic carbocycles. The first-order valence-electron chi connectivity index (χ1n) is 11.2. The van der Waals surface area contributed by atoms with Crippen molar-refractivity contribution in [2.45, 2.75) is 75.4 Å².